The van der Waals surface area contributed by atoms with E-state index in [1.54, 1.807) is 6.33 Å². The Hall–Kier alpha value is -0.840. The molecule has 1 heterocycles. The van der Waals surface area contributed by atoms with Crippen LogP contribution in [0.1, 0.15) is 19.3 Å². The van der Waals surface area contributed by atoms with Gasteiger partial charge in [0.05, 0.1) is 0 Å². The molecule has 5 heteroatoms. The molecule has 1 aliphatic carbocycles. The van der Waals surface area contributed by atoms with Crippen LogP contribution >= 0.6 is 15.9 Å². The number of nitrogens with one attached hydrogen (secondary N) is 2. The molecule has 0 aliphatic heterocycles. The Morgan fingerprint density at radius 1 is 1.40 bits per heavy atom. The highest BCUT2D eigenvalue weighted by Gasteiger charge is 2.20. The molecule has 1 fully saturated rings. The van der Waals surface area contributed by atoms with Crippen molar-refractivity contribution in [2.45, 2.75) is 19.3 Å². The molecule has 0 unspecified atom stereocenters. The zero-order valence-electron chi connectivity index (χ0n) is 8.76. The van der Waals surface area contributed by atoms with E-state index in [9.17, 15) is 0 Å². The van der Waals surface area contributed by atoms with Crippen molar-refractivity contribution >= 4 is 27.6 Å². The summed E-state index contributed by atoms with van der Waals surface area (Å²) in [5.74, 6) is 2.64. The van der Waals surface area contributed by atoms with Crippen LogP contribution in [-0.2, 0) is 0 Å². The van der Waals surface area contributed by atoms with Gasteiger partial charge in [-0.05, 0) is 28.3 Å². The van der Waals surface area contributed by atoms with E-state index in [1.807, 2.05) is 7.05 Å². The molecule has 0 atom stereocenters. The summed E-state index contributed by atoms with van der Waals surface area (Å²) in [6.07, 6.45) is 5.60. The fraction of sp³-hybridized carbons (Fsp3) is 0.600. The fourth-order valence-corrected chi connectivity index (χ4v) is 2.01. The molecule has 1 aromatic heterocycles. The van der Waals surface area contributed by atoms with E-state index in [1.165, 1.54) is 19.3 Å². The van der Waals surface area contributed by atoms with Crippen LogP contribution in [0.2, 0.25) is 0 Å². The van der Waals surface area contributed by atoms with E-state index in [-0.39, 0.29) is 0 Å². The predicted molar refractivity (Wildman–Crippen MR) is 65.1 cm³/mol. The zero-order valence-corrected chi connectivity index (χ0v) is 10.3. The van der Waals surface area contributed by atoms with Gasteiger partial charge in [-0.2, -0.15) is 0 Å². The molecule has 1 aliphatic rings. The molecule has 4 nitrogen and oxygen atoms in total. The minimum atomic E-state index is 0.818. The topological polar surface area (TPSA) is 49.8 Å². The van der Waals surface area contributed by atoms with Crippen molar-refractivity contribution in [3.05, 3.63) is 10.8 Å². The summed E-state index contributed by atoms with van der Waals surface area (Å²) in [6, 6.07) is 0. The second kappa shape index (κ2) is 4.79. The summed E-state index contributed by atoms with van der Waals surface area (Å²) >= 11 is 3.47. The third kappa shape index (κ3) is 2.81. The third-order valence-electron chi connectivity index (χ3n) is 2.57. The molecule has 0 spiro atoms. The van der Waals surface area contributed by atoms with Crippen molar-refractivity contribution in [3.63, 3.8) is 0 Å². The molecule has 0 amide bonds. The monoisotopic (exact) mass is 270 g/mol. The molecule has 2 rings (SSSR count). The summed E-state index contributed by atoms with van der Waals surface area (Å²) in [7, 11) is 1.85. The Morgan fingerprint density at radius 2 is 2.13 bits per heavy atom. The molecule has 15 heavy (non-hydrogen) atoms. The molecule has 0 radical (unpaired) electrons. The van der Waals surface area contributed by atoms with E-state index in [0.29, 0.717) is 0 Å². The highest BCUT2D eigenvalue weighted by molar-refractivity contribution is 9.10. The highest BCUT2D eigenvalue weighted by atomic mass is 79.9. The lowest BCUT2D eigenvalue weighted by Crippen LogP contribution is -2.06. The quantitative estimate of drug-likeness (QED) is 0.863. The second-order valence-corrected chi connectivity index (χ2v) is 4.59. The number of hydrogen-bond acceptors (Lipinski definition) is 4. The maximum absolute atomic E-state index is 4.20. The number of hydrogen-bond donors (Lipinski definition) is 2. The van der Waals surface area contributed by atoms with Gasteiger partial charge in [0.25, 0.3) is 0 Å². The molecule has 0 aromatic carbocycles. The first-order valence-electron chi connectivity index (χ1n) is 5.23. The number of halogens is 1. The number of nitrogens with zero attached hydrogens (tertiary/aromatic N) is 2. The normalized spacial score (nSPS) is 15.1. The smallest absolute Gasteiger partial charge is 0.145 e. The van der Waals surface area contributed by atoms with Crippen LogP contribution in [0, 0.1) is 5.92 Å². The van der Waals surface area contributed by atoms with Crippen molar-refractivity contribution in [1.29, 1.82) is 0 Å². The number of rotatable bonds is 5. The van der Waals surface area contributed by atoms with Gasteiger partial charge in [-0.1, -0.05) is 12.8 Å². The minimum absolute atomic E-state index is 0.818. The van der Waals surface area contributed by atoms with E-state index >= 15 is 0 Å². The zero-order chi connectivity index (χ0) is 10.7. The first-order valence-corrected chi connectivity index (χ1v) is 6.02. The van der Waals surface area contributed by atoms with Crippen LogP contribution in [0.25, 0.3) is 0 Å². The van der Waals surface area contributed by atoms with Gasteiger partial charge in [-0.25, -0.2) is 9.97 Å². The molecule has 2 N–H and O–H groups in total. The third-order valence-corrected chi connectivity index (χ3v) is 3.32. The number of aromatic nitrogens is 2. The van der Waals surface area contributed by atoms with E-state index < -0.39 is 0 Å². The summed E-state index contributed by atoms with van der Waals surface area (Å²) in [4.78, 5) is 8.30. The van der Waals surface area contributed by atoms with E-state index in [4.69, 9.17) is 0 Å². The van der Waals surface area contributed by atoms with Crippen molar-refractivity contribution in [2.24, 2.45) is 5.92 Å². The van der Waals surface area contributed by atoms with Crippen molar-refractivity contribution in [2.75, 3.05) is 24.2 Å². The first kappa shape index (κ1) is 10.7. The van der Waals surface area contributed by atoms with Crippen LogP contribution in [0.3, 0.4) is 0 Å². The lowest BCUT2D eigenvalue weighted by atomic mass is 10.3. The first-order chi connectivity index (χ1) is 7.31. The van der Waals surface area contributed by atoms with Crippen LogP contribution in [0.5, 0.6) is 0 Å². The second-order valence-electron chi connectivity index (χ2n) is 3.79. The van der Waals surface area contributed by atoms with Crippen LogP contribution in [-0.4, -0.2) is 23.6 Å². The average molecular weight is 271 g/mol. The SMILES string of the molecule is CNc1ncnc(NCCC2CC2)c1Br. The van der Waals surface area contributed by atoms with Gasteiger partial charge in [0, 0.05) is 13.6 Å². The molecular weight excluding hydrogens is 256 g/mol. The average Bonchev–Trinajstić information content (AvgIpc) is 3.04. The van der Waals surface area contributed by atoms with Crippen molar-refractivity contribution < 1.29 is 0 Å². The lowest BCUT2D eigenvalue weighted by molar-refractivity contribution is 0.757. The van der Waals surface area contributed by atoms with Crippen LogP contribution in [0.4, 0.5) is 11.6 Å². The standard InChI is InChI=1S/C10H15BrN4/c1-12-9-8(11)10(15-6-14-9)13-5-4-7-2-3-7/h6-7H,2-5H2,1H3,(H2,12,13,14,15). The van der Waals surface area contributed by atoms with Crippen LogP contribution < -0.4 is 10.6 Å². The van der Waals surface area contributed by atoms with E-state index in [0.717, 1.165) is 28.6 Å². The molecule has 1 aromatic rings. The summed E-state index contributed by atoms with van der Waals surface area (Å²) in [5, 5.41) is 6.33. The fourth-order valence-electron chi connectivity index (χ4n) is 1.47. The van der Waals surface area contributed by atoms with Gasteiger partial charge < -0.3 is 10.6 Å². The van der Waals surface area contributed by atoms with Gasteiger partial charge in [0.1, 0.15) is 22.4 Å². The van der Waals surface area contributed by atoms with Gasteiger partial charge in [-0.3, -0.25) is 0 Å². The van der Waals surface area contributed by atoms with Gasteiger partial charge in [0.15, 0.2) is 0 Å². The van der Waals surface area contributed by atoms with Gasteiger partial charge in [-0.15, -0.1) is 0 Å². The Bertz CT molecular complexity index is 338. The maximum atomic E-state index is 4.20. The minimum Gasteiger partial charge on any atom is -0.372 e. The lowest BCUT2D eigenvalue weighted by Gasteiger charge is -2.09. The van der Waals surface area contributed by atoms with Gasteiger partial charge >= 0.3 is 0 Å². The summed E-state index contributed by atoms with van der Waals surface area (Å²) < 4.78 is 0.906. The molecule has 82 valence electrons. The summed E-state index contributed by atoms with van der Waals surface area (Å²) in [6.45, 7) is 0.990. The molecule has 0 bridgehead atoms. The predicted octanol–water partition coefficient (Wildman–Crippen LogP) is 2.49. The molecular formula is C10H15BrN4. The largest absolute Gasteiger partial charge is 0.372 e. The van der Waals surface area contributed by atoms with Crippen molar-refractivity contribution in [3.8, 4) is 0 Å². The Balaban J connectivity index is 1.93. The highest BCUT2D eigenvalue weighted by Crippen LogP contribution is 2.32. The van der Waals surface area contributed by atoms with Gasteiger partial charge in [0.2, 0.25) is 0 Å². The Kier molecular flexibility index (Phi) is 3.41. The van der Waals surface area contributed by atoms with E-state index in [2.05, 4.69) is 36.5 Å². The molecule has 1 saturated carbocycles. The Labute approximate surface area is 98.0 Å². The molecule has 0 saturated heterocycles. The van der Waals surface area contributed by atoms with Crippen LogP contribution in [0.15, 0.2) is 10.8 Å². The number of anilines is 2. The van der Waals surface area contributed by atoms with Crippen molar-refractivity contribution in [1.82, 2.24) is 9.97 Å². The summed E-state index contributed by atoms with van der Waals surface area (Å²) in [5.41, 5.74) is 0. The Morgan fingerprint density at radius 3 is 2.80 bits per heavy atom. The maximum Gasteiger partial charge on any atom is 0.145 e.